The molecule has 1 heterocycles. The molecule has 1 N–H and O–H groups in total. The third kappa shape index (κ3) is 2.75. The summed E-state index contributed by atoms with van der Waals surface area (Å²) in [5.74, 6) is 0.896. The fraction of sp³-hybridized carbons (Fsp3) is 0.818. The van der Waals surface area contributed by atoms with Crippen LogP contribution in [0.2, 0.25) is 0 Å². The third-order valence-electron chi connectivity index (χ3n) is 3.00. The lowest BCUT2D eigenvalue weighted by Gasteiger charge is -2.43. The summed E-state index contributed by atoms with van der Waals surface area (Å²) in [6, 6.07) is 0.286. The van der Waals surface area contributed by atoms with Crippen LogP contribution in [-0.4, -0.2) is 41.3 Å². The van der Waals surface area contributed by atoms with Crippen LogP contribution in [0.4, 0.5) is 5.13 Å². The Morgan fingerprint density at radius 1 is 1.47 bits per heavy atom. The fourth-order valence-electron chi connectivity index (χ4n) is 2.03. The Bertz CT molecular complexity index is 358. The van der Waals surface area contributed by atoms with E-state index in [1.54, 1.807) is 7.11 Å². The van der Waals surface area contributed by atoms with Crippen molar-refractivity contribution in [1.29, 1.82) is 0 Å². The Labute approximate surface area is 106 Å². The van der Waals surface area contributed by atoms with E-state index in [0.717, 1.165) is 30.4 Å². The lowest BCUT2D eigenvalue weighted by atomic mass is 9.85. The van der Waals surface area contributed by atoms with Crippen molar-refractivity contribution < 1.29 is 9.47 Å². The maximum Gasteiger partial charge on any atom is 0.202 e. The molecule has 0 radical (unpaired) electrons. The van der Waals surface area contributed by atoms with Crippen LogP contribution in [0.25, 0.3) is 0 Å². The number of nitrogens with one attached hydrogen (secondary N) is 1. The average Bonchev–Trinajstić information content (AvgIpc) is 2.76. The molecule has 0 saturated heterocycles. The van der Waals surface area contributed by atoms with Gasteiger partial charge in [-0.05, 0) is 13.3 Å². The summed E-state index contributed by atoms with van der Waals surface area (Å²) in [6.45, 7) is 4.79. The number of aryl methyl sites for hydroxylation is 1. The van der Waals surface area contributed by atoms with Crippen molar-refractivity contribution in [3.63, 3.8) is 0 Å². The first-order valence-electron chi connectivity index (χ1n) is 6.02. The molecule has 1 fully saturated rings. The predicted molar refractivity (Wildman–Crippen MR) is 67.5 cm³/mol. The van der Waals surface area contributed by atoms with E-state index >= 15 is 0 Å². The van der Waals surface area contributed by atoms with Crippen LogP contribution in [-0.2, 0) is 15.9 Å². The van der Waals surface area contributed by atoms with Gasteiger partial charge in [0.25, 0.3) is 0 Å². The van der Waals surface area contributed by atoms with Gasteiger partial charge in [-0.3, -0.25) is 0 Å². The van der Waals surface area contributed by atoms with Crippen LogP contribution in [0.3, 0.4) is 0 Å². The molecule has 2 rings (SSSR count). The maximum atomic E-state index is 5.58. The fourth-order valence-corrected chi connectivity index (χ4v) is 2.74. The number of anilines is 1. The maximum absolute atomic E-state index is 5.58. The van der Waals surface area contributed by atoms with Crippen LogP contribution in [0.15, 0.2) is 0 Å². The van der Waals surface area contributed by atoms with Gasteiger partial charge in [0.1, 0.15) is 11.9 Å². The molecule has 96 valence electrons. The zero-order valence-corrected chi connectivity index (χ0v) is 11.3. The van der Waals surface area contributed by atoms with Crippen LogP contribution in [0.1, 0.15) is 26.1 Å². The van der Waals surface area contributed by atoms with Gasteiger partial charge in [-0.2, -0.15) is 4.37 Å². The van der Waals surface area contributed by atoms with Crippen LogP contribution in [0, 0.1) is 0 Å². The summed E-state index contributed by atoms with van der Waals surface area (Å²) in [5, 5.41) is 4.24. The molecular weight excluding hydrogens is 238 g/mol. The molecule has 1 aromatic heterocycles. The Balaban J connectivity index is 1.87. The molecule has 0 bridgehead atoms. The highest BCUT2D eigenvalue weighted by atomic mass is 32.1. The first-order valence-corrected chi connectivity index (χ1v) is 6.79. The first kappa shape index (κ1) is 12.7. The Morgan fingerprint density at radius 2 is 2.29 bits per heavy atom. The average molecular weight is 257 g/mol. The van der Waals surface area contributed by atoms with Crippen molar-refractivity contribution in [2.45, 2.75) is 44.9 Å². The number of rotatable bonds is 6. The van der Waals surface area contributed by atoms with Gasteiger partial charge in [0.05, 0.1) is 12.1 Å². The van der Waals surface area contributed by atoms with E-state index in [1.165, 1.54) is 11.5 Å². The highest BCUT2D eigenvalue weighted by molar-refractivity contribution is 7.09. The largest absolute Gasteiger partial charge is 0.377 e. The second kappa shape index (κ2) is 5.75. The minimum Gasteiger partial charge on any atom is -0.377 e. The number of hydrogen-bond acceptors (Lipinski definition) is 6. The highest BCUT2D eigenvalue weighted by Gasteiger charge is 2.42. The summed E-state index contributed by atoms with van der Waals surface area (Å²) in [4.78, 5) is 4.39. The van der Waals surface area contributed by atoms with E-state index in [1.807, 2.05) is 6.92 Å². The summed E-state index contributed by atoms with van der Waals surface area (Å²) < 4.78 is 15.3. The molecule has 0 aliphatic heterocycles. The quantitative estimate of drug-likeness (QED) is 0.840. The van der Waals surface area contributed by atoms with Crippen molar-refractivity contribution in [2.24, 2.45) is 0 Å². The third-order valence-corrected chi connectivity index (χ3v) is 3.68. The summed E-state index contributed by atoms with van der Waals surface area (Å²) in [7, 11) is 1.72. The van der Waals surface area contributed by atoms with E-state index in [-0.39, 0.29) is 18.2 Å². The van der Waals surface area contributed by atoms with Gasteiger partial charge in [-0.1, -0.05) is 6.92 Å². The van der Waals surface area contributed by atoms with Gasteiger partial charge in [-0.15, -0.1) is 0 Å². The van der Waals surface area contributed by atoms with Gasteiger partial charge < -0.3 is 14.8 Å². The topological polar surface area (TPSA) is 56.3 Å². The minimum atomic E-state index is 0.115. The molecule has 5 nitrogen and oxygen atoms in total. The van der Waals surface area contributed by atoms with Crippen molar-refractivity contribution in [3.8, 4) is 0 Å². The van der Waals surface area contributed by atoms with E-state index in [4.69, 9.17) is 9.47 Å². The van der Waals surface area contributed by atoms with Crippen LogP contribution >= 0.6 is 11.5 Å². The second-order valence-electron chi connectivity index (χ2n) is 4.05. The van der Waals surface area contributed by atoms with Crippen molar-refractivity contribution >= 4 is 16.7 Å². The molecule has 6 heteroatoms. The van der Waals surface area contributed by atoms with Gasteiger partial charge in [-0.25, -0.2) is 4.98 Å². The number of methoxy groups -OCH3 is 1. The Morgan fingerprint density at radius 3 is 2.88 bits per heavy atom. The number of aromatic nitrogens is 2. The lowest BCUT2D eigenvalue weighted by molar-refractivity contribution is -0.118. The summed E-state index contributed by atoms with van der Waals surface area (Å²) in [6.07, 6.45) is 2.16. The van der Waals surface area contributed by atoms with Crippen LogP contribution < -0.4 is 5.32 Å². The number of hydrogen-bond donors (Lipinski definition) is 1. The van der Waals surface area contributed by atoms with Gasteiger partial charge >= 0.3 is 0 Å². The zero-order valence-electron chi connectivity index (χ0n) is 10.5. The van der Waals surface area contributed by atoms with E-state index in [2.05, 4.69) is 21.6 Å². The molecule has 3 atom stereocenters. The van der Waals surface area contributed by atoms with Crippen LogP contribution in [0.5, 0.6) is 0 Å². The van der Waals surface area contributed by atoms with Gasteiger partial charge in [0.15, 0.2) is 0 Å². The monoisotopic (exact) mass is 257 g/mol. The summed E-state index contributed by atoms with van der Waals surface area (Å²) >= 11 is 1.41. The molecule has 1 saturated carbocycles. The van der Waals surface area contributed by atoms with E-state index in [9.17, 15) is 0 Å². The molecule has 0 aromatic carbocycles. The Hall–Kier alpha value is -0.720. The number of ether oxygens (including phenoxy) is 2. The Kier molecular flexibility index (Phi) is 4.31. The molecule has 0 unspecified atom stereocenters. The SMILES string of the molecule is CCO[C@@H]1C[C@H](Nc2nc(CC)ns2)[C@@H]1OC. The first-order chi connectivity index (χ1) is 8.28. The highest BCUT2D eigenvalue weighted by Crippen LogP contribution is 2.30. The molecule has 1 aromatic rings. The van der Waals surface area contributed by atoms with E-state index in [0.29, 0.717) is 0 Å². The van der Waals surface area contributed by atoms with Crippen molar-refractivity contribution in [1.82, 2.24) is 9.36 Å². The molecular formula is C11H19N3O2S. The minimum absolute atomic E-state index is 0.115. The van der Waals surface area contributed by atoms with Crippen molar-refractivity contribution in [3.05, 3.63) is 5.82 Å². The van der Waals surface area contributed by atoms with E-state index < -0.39 is 0 Å². The lowest BCUT2D eigenvalue weighted by Crippen LogP contribution is -2.56. The number of nitrogens with zero attached hydrogens (tertiary/aromatic N) is 2. The molecule has 1 aliphatic carbocycles. The molecule has 0 spiro atoms. The van der Waals surface area contributed by atoms with Gasteiger partial charge in [0.2, 0.25) is 5.13 Å². The summed E-state index contributed by atoms with van der Waals surface area (Å²) in [5.41, 5.74) is 0. The predicted octanol–water partition coefficient (Wildman–Crippen LogP) is 1.70. The smallest absolute Gasteiger partial charge is 0.202 e. The molecule has 17 heavy (non-hydrogen) atoms. The van der Waals surface area contributed by atoms with Gasteiger partial charge in [0, 0.05) is 31.7 Å². The van der Waals surface area contributed by atoms with Crippen molar-refractivity contribution in [2.75, 3.05) is 19.0 Å². The standard InChI is InChI=1S/C11H19N3O2S/c1-4-9-13-11(17-14-9)12-7-6-8(16-5-2)10(7)15-3/h7-8,10H,4-6H2,1-3H3,(H,12,13,14)/t7-,8+,10-/m0/s1. The molecule has 0 amide bonds. The normalized spacial score (nSPS) is 27.8. The molecule has 1 aliphatic rings. The second-order valence-corrected chi connectivity index (χ2v) is 4.80. The zero-order chi connectivity index (χ0) is 12.3.